The summed E-state index contributed by atoms with van der Waals surface area (Å²) in [6.07, 6.45) is -4.46. The molecule has 3 rings (SSSR count). The SMILES string of the molecule is Cc1cc(Nc2cc(C(F)(F)F)ccc2Cl)nc(Nc2ccccc2)n1. The first-order valence-corrected chi connectivity index (χ1v) is 8.00. The van der Waals surface area contributed by atoms with Gasteiger partial charge in [-0.3, -0.25) is 0 Å². The lowest BCUT2D eigenvalue weighted by atomic mass is 10.2. The van der Waals surface area contributed by atoms with Crippen LogP contribution in [0.3, 0.4) is 0 Å². The first-order valence-electron chi connectivity index (χ1n) is 7.63. The van der Waals surface area contributed by atoms with E-state index in [-0.39, 0.29) is 10.7 Å². The van der Waals surface area contributed by atoms with Gasteiger partial charge in [0.15, 0.2) is 0 Å². The summed E-state index contributed by atoms with van der Waals surface area (Å²) in [5, 5.41) is 6.03. The molecule has 2 N–H and O–H groups in total. The molecule has 26 heavy (non-hydrogen) atoms. The van der Waals surface area contributed by atoms with Crippen molar-refractivity contribution >= 4 is 34.7 Å². The van der Waals surface area contributed by atoms with Crippen LogP contribution in [-0.4, -0.2) is 9.97 Å². The highest BCUT2D eigenvalue weighted by Crippen LogP contribution is 2.34. The smallest absolute Gasteiger partial charge is 0.339 e. The van der Waals surface area contributed by atoms with Gasteiger partial charge in [0.2, 0.25) is 5.95 Å². The van der Waals surface area contributed by atoms with Crippen molar-refractivity contribution in [1.82, 2.24) is 9.97 Å². The fraction of sp³-hybridized carbons (Fsp3) is 0.111. The molecule has 0 aliphatic rings. The van der Waals surface area contributed by atoms with E-state index in [1.807, 2.05) is 30.3 Å². The Morgan fingerprint density at radius 2 is 1.65 bits per heavy atom. The van der Waals surface area contributed by atoms with Crippen molar-refractivity contribution in [3.8, 4) is 0 Å². The number of nitrogens with zero attached hydrogens (tertiary/aromatic N) is 2. The third-order valence-corrected chi connectivity index (χ3v) is 3.77. The Labute approximate surface area is 153 Å². The molecular weight excluding hydrogens is 365 g/mol. The third kappa shape index (κ3) is 4.43. The number of para-hydroxylation sites is 1. The van der Waals surface area contributed by atoms with Gasteiger partial charge >= 0.3 is 6.18 Å². The highest BCUT2D eigenvalue weighted by atomic mass is 35.5. The van der Waals surface area contributed by atoms with Gasteiger partial charge in [-0.15, -0.1) is 0 Å². The van der Waals surface area contributed by atoms with Gasteiger partial charge < -0.3 is 10.6 Å². The number of alkyl halides is 3. The van der Waals surface area contributed by atoms with Crippen molar-refractivity contribution in [2.75, 3.05) is 10.6 Å². The second-order valence-electron chi connectivity index (χ2n) is 5.53. The molecule has 0 amide bonds. The second kappa shape index (κ2) is 7.21. The lowest BCUT2D eigenvalue weighted by Gasteiger charge is -2.13. The van der Waals surface area contributed by atoms with Gasteiger partial charge in [0.25, 0.3) is 0 Å². The average molecular weight is 379 g/mol. The molecule has 0 aliphatic heterocycles. The summed E-state index contributed by atoms with van der Waals surface area (Å²) < 4.78 is 38.7. The summed E-state index contributed by atoms with van der Waals surface area (Å²) in [6, 6.07) is 14.0. The van der Waals surface area contributed by atoms with Crippen LogP contribution in [0.4, 0.5) is 36.3 Å². The van der Waals surface area contributed by atoms with Crippen LogP contribution >= 0.6 is 11.6 Å². The fourth-order valence-corrected chi connectivity index (χ4v) is 2.44. The molecule has 0 atom stereocenters. The standard InChI is InChI=1S/C18H14ClF3N4/c1-11-9-16(26-17(23-11)24-13-5-3-2-4-6-13)25-15-10-12(18(20,21)22)7-8-14(15)19/h2-10H,1H3,(H2,23,24,25,26). The quantitative estimate of drug-likeness (QED) is 0.589. The van der Waals surface area contributed by atoms with Gasteiger partial charge in [0.05, 0.1) is 16.3 Å². The zero-order valence-electron chi connectivity index (χ0n) is 13.6. The van der Waals surface area contributed by atoms with Gasteiger partial charge in [-0.05, 0) is 37.3 Å². The van der Waals surface area contributed by atoms with Crippen LogP contribution in [0.2, 0.25) is 5.02 Å². The normalized spacial score (nSPS) is 11.3. The van der Waals surface area contributed by atoms with Crippen LogP contribution < -0.4 is 10.6 Å². The summed E-state index contributed by atoms with van der Waals surface area (Å²) >= 11 is 6.02. The molecular formula is C18H14ClF3N4. The molecule has 0 radical (unpaired) electrons. The fourth-order valence-electron chi connectivity index (χ4n) is 2.27. The molecule has 0 aliphatic carbocycles. The van der Waals surface area contributed by atoms with Crippen LogP contribution in [0.5, 0.6) is 0 Å². The molecule has 1 aromatic heterocycles. The van der Waals surface area contributed by atoms with Crippen LogP contribution in [0.15, 0.2) is 54.6 Å². The number of aromatic nitrogens is 2. The van der Waals surface area contributed by atoms with Gasteiger partial charge in [-0.25, -0.2) is 4.98 Å². The van der Waals surface area contributed by atoms with Crippen LogP contribution in [0.25, 0.3) is 0 Å². The highest BCUT2D eigenvalue weighted by Gasteiger charge is 2.31. The molecule has 1 heterocycles. The van der Waals surface area contributed by atoms with Gasteiger partial charge in [-0.1, -0.05) is 29.8 Å². The highest BCUT2D eigenvalue weighted by molar-refractivity contribution is 6.33. The van der Waals surface area contributed by atoms with Crippen molar-refractivity contribution in [3.05, 3.63) is 70.9 Å². The lowest BCUT2D eigenvalue weighted by molar-refractivity contribution is -0.137. The molecule has 8 heteroatoms. The summed E-state index contributed by atoms with van der Waals surface area (Å²) in [6.45, 7) is 1.76. The van der Waals surface area contributed by atoms with Gasteiger partial charge in [-0.2, -0.15) is 18.2 Å². The minimum absolute atomic E-state index is 0.116. The predicted molar refractivity (Wildman–Crippen MR) is 96.2 cm³/mol. The monoisotopic (exact) mass is 378 g/mol. The van der Waals surface area contributed by atoms with Crippen molar-refractivity contribution in [1.29, 1.82) is 0 Å². The number of nitrogens with one attached hydrogen (secondary N) is 2. The maximum Gasteiger partial charge on any atom is 0.416 e. The summed E-state index contributed by atoms with van der Waals surface area (Å²) in [7, 11) is 0. The van der Waals surface area contributed by atoms with E-state index in [0.717, 1.165) is 17.8 Å². The van der Waals surface area contributed by atoms with Crippen molar-refractivity contribution in [3.63, 3.8) is 0 Å². The van der Waals surface area contributed by atoms with Crippen LogP contribution in [-0.2, 0) is 6.18 Å². The van der Waals surface area contributed by atoms with Crippen LogP contribution in [0, 0.1) is 6.92 Å². The molecule has 0 bridgehead atoms. The number of benzene rings is 2. The molecule has 2 aromatic carbocycles. The van der Waals surface area contributed by atoms with Gasteiger partial charge in [0.1, 0.15) is 5.82 Å². The van der Waals surface area contributed by atoms with E-state index < -0.39 is 11.7 Å². The first kappa shape index (κ1) is 18.0. The number of hydrogen-bond acceptors (Lipinski definition) is 4. The summed E-state index contributed by atoms with van der Waals surface area (Å²) in [5.74, 6) is 0.652. The van der Waals surface area contributed by atoms with E-state index in [1.54, 1.807) is 13.0 Å². The van der Waals surface area contributed by atoms with Crippen molar-refractivity contribution in [2.45, 2.75) is 13.1 Å². The minimum Gasteiger partial charge on any atom is -0.339 e. The maximum absolute atomic E-state index is 12.9. The number of aryl methyl sites for hydroxylation is 1. The zero-order valence-corrected chi connectivity index (χ0v) is 14.4. The zero-order chi connectivity index (χ0) is 18.7. The second-order valence-corrected chi connectivity index (χ2v) is 5.93. The van der Waals surface area contributed by atoms with Crippen molar-refractivity contribution in [2.24, 2.45) is 0 Å². The van der Waals surface area contributed by atoms with Crippen LogP contribution in [0.1, 0.15) is 11.3 Å². The number of halogens is 4. The maximum atomic E-state index is 12.9. The van der Waals surface area contributed by atoms with E-state index in [2.05, 4.69) is 20.6 Å². The Bertz CT molecular complexity index is 914. The molecule has 0 saturated carbocycles. The Morgan fingerprint density at radius 1 is 0.923 bits per heavy atom. The lowest BCUT2D eigenvalue weighted by Crippen LogP contribution is -2.06. The predicted octanol–water partition coefficient (Wildman–Crippen LogP) is 5.94. The number of hydrogen-bond donors (Lipinski definition) is 2. The van der Waals surface area contributed by atoms with Gasteiger partial charge in [0, 0.05) is 17.4 Å². The van der Waals surface area contributed by atoms with E-state index in [1.165, 1.54) is 6.07 Å². The van der Waals surface area contributed by atoms with Crippen molar-refractivity contribution < 1.29 is 13.2 Å². The molecule has 0 unspecified atom stereocenters. The Hall–Kier alpha value is -2.80. The molecule has 3 aromatic rings. The summed E-state index contributed by atoms with van der Waals surface area (Å²) in [5.41, 5.74) is 0.758. The molecule has 0 fully saturated rings. The summed E-state index contributed by atoms with van der Waals surface area (Å²) in [4.78, 5) is 8.56. The first-order chi connectivity index (χ1) is 12.3. The number of anilines is 4. The van der Waals surface area contributed by atoms with E-state index in [0.29, 0.717) is 17.5 Å². The topological polar surface area (TPSA) is 49.8 Å². The molecule has 0 spiro atoms. The average Bonchev–Trinajstić information content (AvgIpc) is 2.56. The van der Waals surface area contributed by atoms with E-state index in [9.17, 15) is 13.2 Å². The number of rotatable bonds is 4. The van der Waals surface area contributed by atoms with E-state index in [4.69, 9.17) is 11.6 Å². The Balaban J connectivity index is 1.89. The molecule has 4 nitrogen and oxygen atoms in total. The third-order valence-electron chi connectivity index (χ3n) is 3.44. The Morgan fingerprint density at radius 3 is 2.35 bits per heavy atom. The Kier molecular flexibility index (Phi) is 4.99. The molecule has 0 saturated heterocycles. The largest absolute Gasteiger partial charge is 0.416 e. The minimum atomic E-state index is -4.46. The van der Waals surface area contributed by atoms with E-state index >= 15 is 0 Å². The molecule has 134 valence electrons.